The number of ether oxygens (including phenoxy) is 1. The van der Waals surface area contributed by atoms with Gasteiger partial charge < -0.3 is 14.6 Å². The summed E-state index contributed by atoms with van der Waals surface area (Å²) in [6.07, 6.45) is 4.14. The maximum absolute atomic E-state index is 13.5. The van der Waals surface area contributed by atoms with Crippen molar-refractivity contribution in [1.82, 2.24) is 9.88 Å². The zero-order valence-corrected chi connectivity index (χ0v) is 14.9. The largest absolute Gasteiger partial charge is 0.489 e. The molecule has 0 fully saturated rings. The fourth-order valence-corrected chi connectivity index (χ4v) is 2.94. The van der Waals surface area contributed by atoms with Crippen molar-refractivity contribution in [3.05, 3.63) is 66.1 Å². The Balaban J connectivity index is 1.41. The third-order valence-electron chi connectivity index (χ3n) is 4.46. The molecule has 5 heteroatoms. The SMILES string of the molecule is CN(CCOc1ccccc1F)C(=O)CCCc1c[nH]c2ccccc12. The first-order valence-corrected chi connectivity index (χ1v) is 8.81. The number of nitrogens with one attached hydrogen (secondary N) is 1. The van der Waals surface area contributed by atoms with Crippen LogP contribution in [0.3, 0.4) is 0 Å². The molecule has 1 aromatic heterocycles. The van der Waals surface area contributed by atoms with Gasteiger partial charge in [-0.2, -0.15) is 0 Å². The first-order chi connectivity index (χ1) is 12.6. The van der Waals surface area contributed by atoms with Crippen LogP contribution >= 0.6 is 0 Å². The molecule has 1 heterocycles. The van der Waals surface area contributed by atoms with Gasteiger partial charge in [-0.15, -0.1) is 0 Å². The molecule has 3 rings (SSSR count). The highest BCUT2D eigenvalue weighted by Gasteiger charge is 2.10. The molecular formula is C21H23FN2O2. The fraction of sp³-hybridized carbons (Fsp3) is 0.286. The van der Waals surface area contributed by atoms with Gasteiger partial charge in [-0.1, -0.05) is 30.3 Å². The maximum atomic E-state index is 13.5. The van der Waals surface area contributed by atoms with E-state index in [1.165, 1.54) is 17.0 Å². The highest BCUT2D eigenvalue weighted by molar-refractivity contribution is 5.83. The third kappa shape index (κ3) is 4.42. The monoisotopic (exact) mass is 354 g/mol. The second-order valence-electron chi connectivity index (χ2n) is 6.31. The van der Waals surface area contributed by atoms with Crippen molar-refractivity contribution in [2.75, 3.05) is 20.2 Å². The Bertz CT molecular complexity index is 875. The number of carbonyl (C=O) groups excluding carboxylic acids is 1. The standard InChI is InChI=1S/C21H23FN2O2/c1-24(13-14-26-20-11-5-3-9-18(20)22)21(25)12-6-7-16-15-23-19-10-4-2-8-17(16)19/h2-5,8-11,15,23H,6-7,12-14H2,1H3. The van der Waals surface area contributed by atoms with Gasteiger partial charge in [0.15, 0.2) is 11.6 Å². The van der Waals surface area contributed by atoms with Gasteiger partial charge in [0.05, 0.1) is 6.54 Å². The van der Waals surface area contributed by atoms with E-state index in [4.69, 9.17) is 4.74 Å². The average molecular weight is 354 g/mol. The van der Waals surface area contributed by atoms with Crippen LogP contribution in [0.25, 0.3) is 10.9 Å². The van der Waals surface area contributed by atoms with Crippen LogP contribution < -0.4 is 4.74 Å². The molecule has 4 nitrogen and oxygen atoms in total. The second-order valence-corrected chi connectivity index (χ2v) is 6.31. The van der Waals surface area contributed by atoms with E-state index in [2.05, 4.69) is 11.1 Å². The molecule has 0 aliphatic rings. The van der Waals surface area contributed by atoms with Crippen LogP contribution in [0.5, 0.6) is 5.75 Å². The number of fused-ring (bicyclic) bond motifs is 1. The molecule has 0 saturated carbocycles. The second kappa shape index (κ2) is 8.52. The Morgan fingerprint density at radius 1 is 1.15 bits per heavy atom. The van der Waals surface area contributed by atoms with Gasteiger partial charge in [-0.3, -0.25) is 4.79 Å². The lowest BCUT2D eigenvalue weighted by Gasteiger charge is -2.17. The van der Waals surface area contributed by atoms with Crippen molar-refractivity contribution in [3.63, 3.8) is 0 Å². The normalized spacial score (nSPS) is 10.8. The lowest BCUT2D eigenvalue weighted by Crippen LogP contribution is -2.30. The number of carbonyl (C=O) groups is 1. The summed E-state index contributed by atoms with van der Waals surface area (Å²) in [5.74, 6) is -0.102. The molecule has 1 N–H and O–H groups in total. The Kier molecular flexibility index (Phi) is 5.89. The van der Waals surface area contributed by atoms with Crippen LogP contribution in [0.2, 0.25) is 0 Å². The molecule has 0 atom stereocenters. The first kappa shape index (κ1) is 18.0. The van der Waals surface area contributed by atoms with Gasteiger partial charge in [0.25, 0.3) is 0 Å². The topological polar surface area (TPSA) is 45.3 Å². The summed E-state index contributed by atoms with van der Waals surface area (Å²) < 4.78 is 18.9. The number of hydrogen-bond donors (Lipinski definition) is 1. The van der Waals surface area contributed by atoms with Crippen LogP contribution in [0.15, 0.2) is 54.7 Å². The summed E-state index contributed by atoms with van der Waals surface area (Å²) in [4.78, 5) is 17.1. The van der Waals surface area contributed by atoms with Crippen LogP contribution in [0.4, 0.5) is 4.39 Å². The van der Waals surface area contributed by atoms with Crippen molar-refractivity contribution in [1.29, 1.82) is 0 Å². The summed E-state index contributed by atoms with van der Waals surface area (Å²) in [6.45, 7) is 0.700. The zero-order chi connectivity index (χ0) is 18.4. The Labute approximate surface area is 152 Å². The molecule has 0 aliphatic heterocycles. The van der Waals surface area contributed by atoms with Crippen molar-refractivity contribution in [2.24, 2.45) is 0 Å². The quantitative estimate of drug-likeness (QED) is 0.660. The van der Waals surface area contributed by atoms with Gasteiger partial charge >= 0.3 is 0 Å². The molecule has 0 unspecified atom stereocenters. The van der Waals surface area contributed by atoms with E-state index in [9.17, 15) is 9.18 Å². The predicted octanol–water partition coefficient (Wildman–Crippen LogP) is 4.17. The fourth-order valence-electron chi connectivity index (χ4n) is 2.94. The van der Waals surface area contributed by atoms with Gasteiger partial charge in [0, 0.05) is 30.6 Å². The van der Waals surface area contributed by atoms with Crippen molar-refractivity contribution < 1.29 is 13.9 Å². The number of aromatic amines is 1. The van der Waals surface area contributed by atoms with Crippen molar-refractivity contribution in [3.8, 4) is 5.75 Å². The van der Waals surface area contributed by atoms with Crippen LogP contribution in [-0.4, -0.2) is 36.0 Å². The molecule has 136 valence electrons. The molecule has 26 heavy (non-hydrogen) atoms. The Morgan fingerprint density at radius 3 is 2.77 bits per heavy atom. The number of benzene rings is 2. The van der Waals surface area contributed by atoms with E-state index in [1.807, 2.05) is 24.4 Å². The van der Waals surface area contributed by atoms with E-state index >= 15 is 0 Å². The highest BCUT2D eigenvalue weighted by Crippen LogP contribution is 2.19. The Hall–Kier alpha value is -2.82. The number of aryl methyl sites for hydroxylation is 1. The zero-order valence-electron chi connectivity index (χ0n) is 14.9. The number of amides is 1. The number of rotatable bonds is 8. The average Bonchev–Trinajstić information content (AvgIpc) is 3.06. The number of aromatic nitrogens is 1. The number of halogens is 1. The number of H-pyrrole nitrogens is 1. The molecule has 0 bridgehead atoms. The maximum Gasteiger partial charge on any atom is 0.222 e. The molecule has 3 aromatic rings. The number of nitrogens with zero attached hydrogens (tertiary/aromatic N) is 1. The summed E-state index contributed by atoms with van der Waals surface area (Å²) >= 11 is 0. The lowest BCUT2D eigenvalue weighted by atomic mass is 10.1. The van der Waals surface area contributed by atoms with Crippen LogP contribution in [-0.2, 0) is 11.2 Å². The summed E-state index contributed by atoms with van der Waals surface area (Å²) in [5, 5.41) is 1.21. The van der Waals surface area contributed by atoms with Gasteiger partial charge in [0.2, 0.25) is 5.91 Å². The molecular weight excluding hydrogens is 331 g/mol. The van der Waals surface area contributed by atoms with Crippen LogP contribution in [0, 0.1) is 5.82 Å². The molecule has 0 aliphatic carbocycles. The number of para-hydroxylation sites is 2. The number of hydrogen-bond acceptors (Lipinski definition) is 2. The molecule has 0 radical (unpaired) electrons. The van der Waals surface area contributed by atoms with E-state index in [1.54, 1.807) is 30.1 Å². The minimum Gasteiger partial charge on any atom is -0.489 e. The molecule has 2 aromatic carbocycles. The smallest absolute Gasteiger partial charge is 0.222 e. The summed E-state index contributed by atoms with van der Waals surface area (Å²) in [7, 11) is 1.75. The van der Waals surface area contributed by atoms with Gasteiger partial charge in [-0.25, -0.2) is 4.39 Å². The Morgan fingerprint density at radius 2 is 1.92 bits per heavy atom. The number of likely N-dealkylation sites (N-methyl/N-ethyl adjacent to an activating group) is 1. The summed E-state index contributed by atoms with van der Waals surface area (Å²) in [6, 6.07) is 14.4. The van der Waals surface area contributed by atoms with Crippen LogP contribution in [0.1, 0.15) is 18.4 Å². The van der Waals surface area contributed by atoms with E-state index in [-0.39, 0.29) is 24.1 Å². The van der Waals surface area contributed by atoms with E-state index in [0.717, 1.165) is 18.4 Å². The van der Waals surface area contributed by atoms with E-state index < -0.39 is 0 Å². The van der Waals surface area contributed by atoms with Gasteiger partial charge in [0.1, 0.15) is 6.61 Å². The third-order valence-corrected chi connectivity index (χ3v) is 4.46. The van der Waals surface area contributed by atoms with Crippen molar-refractivity contribution >= 4 is 16.8 Å². The molecule has 1 amide bonds. The minimum atomic E-state index is -0.389. The molecule has 0 saturated heterocycles. The highest BCUT2D eigenvalue weighted by atomic mass is 19.1. The van der Waals surface area contributed by atoms with Gasteiger partial charge in [-0.05, 0) is 36.6 Å². The predicted molar refractivity (Wildman–Crippen MR) is 101 cm³/mol. The van der Waals surface area contributed by atoms with E-state index in [0.29, 0.717) is 13.0 Å². The lowest BCUT2D eigenvalue weighted by molar-refractivity contribution is -0.130. The minimum absolute atomic E-state index is 0.0713. The molecule has 0 spiro atoms. The van der Waals surface area contributed by atoms with Crippen molar-refractivity contribution in [2.45, 2.75) is 19.3 Å². The summed E-state index contributed by atoms with van der Waals surface area (Å²) in [5.41, 5.74) is 2.36. The first-order valence-electron chi connectivity index (χ1n) is 8.81.